The monoisotopic (exact) mass is 504 g/mol. The first-order chi connectivity index (χ1) is 17.5. The van der Waals surface area contributed by atoms with E-state index >= 15 is 0 Å². The number of ketones is 1. The second kappa shape index (κ2) is 9.69. The minimum atomic E-state index is -0.233. The number of nitrogens with zero attached hydrogens (tertiary/aromatic N) is 3. The van der Waals surface area contributed by atoms with Crippen LogP contribution in [0.3, 0.4) is 0 Å². The van der Waals surface area contributed by atoms with Gasteiger partial charge in [-0.05, 0) is 36.8 Å². The molecule has 2 aliphatic rings. The van der Waals surface area contributed by atoms with Crippen LogP contribution in [0.4, 0.5) is 0 Å². The number of aromatic nitrogens is 4. The number of hydrogen-bond acceptors (Lipinski definition) is 5. The molecule has 1 N–H and O–H groups in total. The van der Waals surface area contributed by atoms with Crippen LogP contribution in [0.5, 0.6) is 5.75 Å². The van der Waals surface area contributed by atoms with E-state index in [2.05, 4.69) is 10.1 Å². The van der Waals surface area contributed by atoms with E-state index in [0.717, 1.165) is 29.3 Å². The highest BCUT2D eigenvalue weighted by molar-refractivity contribution is 6.32. The number of Topliss-reactive ketones (excluding diaryl/α,β-unsaturated/α-hetero) is 1. The quantitative estimate of drug-likeness (QED) is 0.327. The van der Waals surface area contributed by atoms with E-state index in [-0.39, 0.29) is 17.9 Å². The highest BCUT2D eigenvalue weighted by Gasteiger charge is 2.23. The molecule has 36 heavy (non-hydrogen) atoms. The molecule has 186 valence electrons. The largest absolute Gasteiger partial charge is 0.492 e. The Bertz CT molecular complexity index is 1500. The molecule has 2 saturated carbocycles. The van der Waals surface area contributed by atoms with Crippen molar-refractivity contribution in [1.82, 2.24) is 19.7 Å². The van der Waals surface area contributed by atoms with Crippen LogP contribution in [0.15, 0.2) is 41.2 Å². The molecule has 0 aliphatic heterocycles. The Hall–Kier alpha value is -3.19. The maximum absolute atomic E-state index is 13.1. The first kappa shape index (κ1) is 23.2. The number of imidazole rings is 1. The topological polar surface area (TPSA) is 89.9 Å². The van der Waals surface area contributed by atoms with Crippen LogP contribution in [-0.4, -0.2) is 32.1 Å². The zero-order valence-electron chi connectivity index (χ0n) is 20.1. The molecule has 4 aromatic rings. The Morgan fingerprint density at radius 2 is 1.86 bits per heavy atom. The fourth-order valence-corrected chi connectivity index (χ4v) is 5.44. The van der Waals surface area contributed by atoms with Crippen molar-refractivity contribution in [1.29, 1.82) is 0 Å². The van der Waals surface area contributed by atoms with Gasteiger partial charge in [0.1, 0.15) is 18.1 Å². The van der Waals surface area contributed by atoms with Gasteiger partial charge in [-0.25, -0.2) is 9.67 Å². The van der Waals surface area contributed by atoms with Crippen LogP contribution in [-0.2, 0) is 17.8 Å². The molecule has 0 radical (unpaired) electrons. The van der Waals surface area contributed by atoms with Crippen LogP contribution < -0.4 is 10.3 Å². The fraction of sp³-hybridized carbons (Fsp3) is 0.429. The van der Waals surface area contributed by atoms with Gasteiger partial charge in [-0.2, -0.15) is 5.10 Å². The molecule has 0 saturated heterocycles. The number of nitrogens with one attached hydrogen (secondary N) is 1. The van der Waals surface area contributed by atoms with Gasteiger partial charge in [-0.1, -0.05) is 55.5 Å². The fourth-order valence-electron chi connectivity index (χ4n) is 5.22. The number of benzene rings is 2. The smallest absolute Gasteiger partial charge is 0.275 e. The number of halogens is 1. The minimum Gasteiger partial charge on any atom is -0.492 e. The Balaban J connectivity index is 1.29. The van der Waals surface area contributed by atoms with Crippen LogP contribution in [0.2, 0.25) is 5.02 Å². The molecule has 2 aromatic heterocycles. The summed E-state index contributed by atoms with van der Waals surface area (Å²) in [5, 5.41) is 6.53. The summed E-state index contributed by atoms with van der Waals surface area (Å²) in [6.45, 7) is 0.685. The molecule has 6 rings (SSSR count). The lowest BCUT2D eigenvalue weighted by Gasteiger charge is -2.12. The normalized spacial score (nSPS) is 16.2. The number of ether oxygens (including phenoxy) is 1. The Morgan fingerprint density at radius 3 is 2.64 bits per heavy atom. The van der Waals surface area contributed by atoms with E-state index in [0.29, 0.717) is 59.0 Å². The van der Waals surface area contributed by atoms with Crippen LogP contribution in [0, 0.1) is 11.8 Å². The number of fused-ring (bicyclic) bond motifs is 2. The van der Waals surface area contributed by atoms with E-state index in [1.165, 1.54) is 30.4 Å². The number of carbonyl (C=O) groups excluding carboxylic acids is 1. The molecule has 0 amide bonds. The summed E-state index contributed by atoms with van der Waals surface area (Å²) in [5.74, 6) is 2.49. The van der Waals surface area contributed by atoms with Gasteiger partial charge in [-0.3, -0.25) is 9.59 Å². The van der Waals surface area contributed by atoms with Crippen molar-refractivity contribution in [3.05, 3.63) is 63.3 Å². The molecule has 2 heterocycles. The second-order valence-electron chi connectivity index (χ2n) is 10.3. The lowest BCUT2D eigenvalue weighted by molar-refractivity contribution is -0.120. The standard InChI is InChI=1S/C28H29ClN4O3/c29-22-12-24-25(13-26(22)36-16-18-9-10-18)31-27(30-24)14-23-20-7-3-4-8-21(20)28(35)33(32-23)15-19(34)11-17-5-1-2-6-17/h3-4,7-8,12-13,17-18H,1-2,5-6,9-11,14-16H2,(H,30,31). The number of H-pyrrole nitrogens is 1. The second-order valence-corrected chi connectivity index (χ2v) is 10.7. The first-order valence-electron chi connectivity index (χ1n) is 12.8. The number of carbonyl (C=O) groups is 1. The lowest BCUT2D eigenvalue weighted by atomic mass is 10.0. The number of aromatic amines is 1. The molecule has 0 spiro atoms. The van der Waals surface area contributed by atoms with Crippen LogP contribution >= 0.6 is 11.6 Å². The molecule has 0 unspecified atom stereocenters. The van der Waals surface area contributed by atoms with Crippen molar-refractivity contribution >= 4 is 39.2 Å². The zero-order valence-corrected chi connectivity index (χ0v) is 20.9. The maximum Gasteiger partial charge on any atom is 0.275 e. The van der Waals surface area contributed by atoms with Crippen molar-refractivity contribution in [3.8, 4) is 5.75 Å². The summed E-state index contributed by atoms with van der Waals surface area (Å²) in [5.41, 5.74) is 2.06. The van der Waals surface area contributed by atoms with Gasteiger partial charge in [0.05, 0.1) is 40.2 Å². The Kier molecular flexibility index (Phi) is 6.25. The van der Waals surface area contributed by atoms with Gasteiger partial charge >= 0.3 is 0 Å². The molecule has 2 fully saturated rings. The average Bonchev–Trinajstić information content (AvgIpc) is 3.41. The summed E-state index contributed by atoms with van der Waals surface area (Å²) in [6, 6.07) is 11.1. The minimum absolute atomic E-state index is 0.00456. The van der Waals surface area contributed by atoms with Gasteiger partial charge in [-0.15, -0.1) is 0 Å². The van der Waals surface area contributed by atoms with E-state index < -0.39 is 0 Å². The molecule has 8 heteroatoms. The molecule has 7 nitrogen and oxygen atoms in total. The van der Waals surface area contributed by atoms with Crippen molar-refractivity contribution in [3.63, 3.8) is 0 Å². The van der Waals surface area contributed by atoms with Gasteiger partial charge in [0, 0.05) is 17.9 Å². The van der Waals surface area contributed by atoms with Gasteiger partial charge in [0.25, 0.3) is 5.56 Å². The van der Waals surface area contributed by atoms with E-state index in [1.54, 1.807) is 6.07 Å². The summed E-state index contributed by atoms with van der Waals surface area (Å²) in [4.78, 5) is 34.0. The zero-order chi connectivity index (χ0) is 24.6. The summed E-state index contributed by atoms with van der Waals surface area (Å²) >= 11 is 6.45. The van der Waals surface area contributed by atoms with E-state index in [9.17, 15) is 9.59 Å². The van der Waals surface area contributed by atoms with Gasteiger partial charge in [0.2, 0.25) is 0 Å². The van der Waals surface area contributed by atoms with E-state index in [4.69, 9.17) is 21.3 Å². The highest BCUT2D eigenvalue weighted by Crippen LogP contribution is 2.34. The summed E-state index contributed by atoms with van der Waals surface area (Å²) in [7, 11) is 0. The predicted octanol–water partition coefficient (Wildman–Crippen LogP) is 5.46. The lowest BCUT2D eigenvalue weighted by Crippen LogP contribution is -2.28. The van der Waals surface area contributed by atoms with Crippen LogP contribution in [0.25, 0.3) is 21.8 Å². The molecule has 0 atom stereocenters. The van der Waals surface area contributed by atoms with Crippen LogP contribution in [0.1, 0.15) is 56.5 Å². The predicted molar refractivity (Wildman–Crippen MR) is 140 cm³/mol. The molecular formula is C28H29ClN4O3. The third kappa shape index (κ3) is 4.89. The Labute approximate surface area is 213 Å². The van der Waals surface area contributed by atoms with E-state index in [1.807, 2.05) is 30.3 Å². The summed E-state index contributed by atoms with van der Waals surface area (Å²) in [6.07, 6.45) is 7.90. The first-order valence-corrected chi connectivity index (χ1v) is 13.2. The Morgan fingerprint density at radius 1 is 1.08 bits per heavy atom. The third-order valence-corrected chi connectivity index (χ3v) is 7.65. The molecular weight excluding hydrogens is 476 g/mol. The molecule has 2 aromatic carbocycles. The molecule has 2 aliphatic carbocycles. The highest BCUT2D eigenvalue weighted by atomic mass is 35.5. The van der Waals surface area contributed by atoms with Crippen molar-refractivity contribution in [2.45, 2.75) is 57.9 Å². The maximum atomic E-state index is 13.1. The SMILES string of the molecule is O=C(CC1CCCC1)Cn1nc(Cc2nc3cc(OCC4CC4)c(Cl)cc3[nH]2)c2ccccc2c1=O. The average molecular weight is 505 g/mol. The third-order valence-electron chi connectivity index (χ3n) is 7.35. The number of rotatable bonds is 9. The van der Waals surface area contributed by atoms with Crippen molar-refractivity contribution < 1.29 is 9.53 Å². The van der Waals surface area contributed by atoms with Gasteiger partial charge < -0.3 is 9.72 Å². The van der Waals surface area contributed by atoms with Gasteiger partial charge in [0.15, 0.2) is 5.78 Å². The summed E-state index contributed by atoms with van der Waals surface area (Å²) < 4.78 is 7.23. The molecule has 0 bridgehead atoms. The number of hydrogen-bond donors (Lipinski definition) is 1. The van der Waals surface area contributed by atoms with Crippen molar-refractivity contribution in [2.24, 2.45) is 11.8 Å². The van der Waals surface area contributed by atoms with Crippen molar-refractivity contribution in [2.75, 3.05) is 6.61 Å².